The fourth-order valence-corrected chi connectivity index (χ4v) is 3.06. The van der Waals surface area contributed by atoms with Crippen LogP contribution >= 0.6 is 11.3 Å². The van der Waals surface area contributed by atoms with Gasteiger partial charge < -0.3 is 4.74 Å². The van der Waals surface area contributed by atoms with E-state index in [4.69, 9.17) is 4.74 Å². The molecule has 140 valence electrons. The zero-order chi connectivity index (χ0) is 19.4. The number of benzene rings is 2. The predicted octanol–water partition coefficient (Wildman–Crippen LogP) is 5.42. The molecule has 0 aliphatic heterocycles. The summed E-state index contributed by atoms with van der Waals surface area (Å²) in [4.78, 5) is 4.31. The first kappa shape index (κ1) is 18.8. The minimum Gasteiger partial charge on any atom is -0.496 e. The number of rotatable bonds is 5. The molecule has 3 rings (SSSR count). The highest BCUT2D eigenvalue weighted by Gasteiger charge is 2.38. The molecule has 0 fully saturated rings. The van der Waals surface area contributed by atoms with Crippen molar-refractivity contribution in [1.29, 1.82) is 0 Å². The van der Waals surface area contributed by atoms with Crippen LogP contribution in [0.15, 0.2) is 52.9 Å². The van der Waals surface area contributed by atoms with Crippen molar-refractivity contribution in [1.82, 2.24) is 4.98 Å². The molecule has 1 aromatic heterocycles. The highest BCUT2D eigenvalue weighted by atomic mass is 32.1. The van der Waals surface area contributed by atoms with E-state index >= 15 is 0 Å². The van der Waals surface area contributed by atoms with Crippen molar-refractivity contribution in [2.45, 2.75) is 6.18 Å². The number of hydrogen-bond donors (Lipinski definition) is 1. The Balaban J connectivity index is 1.85. The number of halogens is 4. The molecule has 0 bridgehead atoms. The molecule has 2 aromatic carbocycles. The highest BCUT2D eigenvalue weighted by Crippen LogP contribution is 2.37. The average Bonchev–Trinajstić information content (AvgIpc) is 3.10. The molecule has 0 atom stereocenters. The molecule has 0 aliphatic carbocycles. The molecule has 0 unspecified atom stereocenters. The van der Waals surface area contributed by atoms with Gasteiger partial charge in [0.2, 0.25) is 5.13 Å². The lowest BCUT2D eigenvalue weighted by Crippen LogP contribution is -2.13. The fourth-order valence-electron chi connectivity index (χ4n) is 2.39. The molecule has 9 heteroatoms. The number of thiazole rings is 1. The second-order valence-electron chi connectivity index (χ2n) is 5.31. The van der Waals surface area contributed by atoms with Crippen LogP contribution in [-0.2, 0) is 6.18 Å². The monoisotopic (exact) mass is 395 g/mol. The van der Waals surface area contributed by atoms with Crippen molar-refractivity contribution >= 4 is 22.7 Å². The van der Waals surface area contributed by atoms with E-state index in [1.54, 1.807) is 5.38 Å². The maximum Gasteiger partial charge on any atom is 0.419 e. The molecule has 0 aliphatic rings. The van der Waals surface area contributed by atoms with Gasteiger partial charge in [0.1, 0.15) is 17.1 Å². The second kappa shape index (κ2) is 7.75. The van der Waals surface area contributed by atoms with E-state index in [1.807, 2.05) is 30.3 Å². The zero-order valence-corrected chi connectivity index (χ0v) is 14.7. The molecule has 3 aromatic rings. The molecule has 1 N–H and O–H groups in total. The molecule has 0 amide bonds. The number of nitrogens with one attached hydrogen (secondary N) is 1. The van der Waals surface area contributed by atoms with E-state index in [2.05, 4.69) is 15.5 Å². The summed E-state index contributed by atoms with van der Waals surface area (Å²) >= 11 is 1.24. The minimum atomic E-state index is -4.89. The number of aromatic nitrogens is 1. The Morgan fingerprint density at radius 2 is 1.89 bits per heavy atom. The summed E-state index contributed by atoms with van der Waals surface area (Å²) in [6.07, 6.45) is -4.02. The standard InChI is InChI=1S/C18H13F4N3OS/c1-26-15-8-7-13(19)16(18(20,21)22)12(15)9-23-25-17-24-14(10-27-17)11-5-3-2-4-6-11/h2-10H,1H3,(H,24,25). The highest BCUT2D eigenvalue weighted by molar-refractivity contribution is 7.14. The van der Waals surface area contributed by atoms with Crippen molar-refractivity contribution < 1.29 is 22.3 Å². The van der Waals surface area contributed by atoms with Crippen molar-refractivity contribution in [3.05, 3.63) is 64.8 Å². The van der Waals surface area contributed by atoms with Crippen LogP contribution in [0.1, 0.15) is 11.1 Å². The smallest absolute Gasteiger partial charge is 0.419 e. The van der Waals surface area contributed by atoms with Gasteiger partial charge in [-0.05, 0) is 12.1 Å². The topological polar surface area (TPSA) is 46.5 Å². The number of ether oxygens (including phenoxy) is 1. The first-order chi connectivity index (χ1) is 12.9. The number of nitrogens with zero attached hydrogens (tertiary/aromatic N) is 2. The van der Waals surface area contributed by atoms with E-state index in [9.17, 15) is 17.6 Å². The van der Waals surface area contributed by atoms with Crippen LogP contribution in [0.3, 0.4) is 0 Å². The molecular weight excluding hydrogens is 382 g/mol. The largest absolute Gasteiger partial charge is 0.496 e. The molecule has 0 saturated heterocycles. The zero-order valence-electron chi connectivity index (χ0n) is 13.9. The maximum atomic E-state index is 13.7. The molecule has 27 heavy (non-hydrogen) atoms. The van der Waals surface area contributed by atoms with Gasteiger partial charge in [-0.2, -0.15) is 18.3 Å². The van der Waals surface area contributed by atoms with Crippen molar-refractivity contribution in [3.8, 4) is 17.0 Å². The lowest BCUT2D eigenvalue weighted by Gasteiger charge is -2.14. The van der Waals surface area contributed by atoms with E-state index in [0.717, 1.165) is 17.8 Å². The van der Waals surface area contributed by atoms with Gasteiger partial charge in [0.15, 0.2) is 0 Å². The van der Waals surface area contributed by atoms with Crippen molar-refractivity contribution in [2.24, 2.45) is 5.10 Å². The Labute approximate surface area is 156 Å². The van der Waals surface area contributed by atoms with E-state index in [0.29, 0.717) is 16.9 Å². The average molecular weight is 395 g/mol. The fraction of sp³-hybridized carbons (Fsp3) is 0.111. The van der Waals surface area contributed by atoms with Crippen molar-refractivity contribution in [3.63, 3.8) is 0 Å². The van der Waals surface area contributed by atoms with E-state index < -0.39 is 23.1 Å². The van der Waals surface area contributed by atoms with Crippen LogP contribution in [0.4, 0.5) is 22.7 Å². The Bertz CT molecular complexity index is 955. The van der Waals surface area contributed by atoms with Crippen LogP contribution in [0.5, 0.6) is 5.75 Å². The molecule has 4 nitrogen and oxygen atoms in total. The van der Waals surface area contributed by atoms with Crippen LogP contribution < -0.4 is 10.2 Å². The minimum absolute atomic E-state index is 0.140. The summed E-state index contributed by atoms with van der Waals surface area (Å²) in [5.41, 5.74) is 2.23. The van der Waals surface area contributed by atoms with Gasteiger partial charge in [-0.1, -0.05) is 30.3 Å². The molecule has 1 heterocycles. The normalized spacial score (nSPS) is 11.7. The lowest BCUT2D eigenvalue weighted by molar-refractivity contribution is -0.140. The summed E-state index contributed by atoms with van der Waals surface area (Å²) in [6.45, 7) is 0. The maximum absolute atomic E-state index is 13.7. The van der Waals surface area contributed by atoms with Gasteiger partial charge in [0, 0.05) is 10.9 Å². The van der Waals surface area contributed by atoms with Gasteiger partial charge in [0.25, 0.3) is 0 Å². The number of hydrazone groups is 1. The van der Waals surface area contributed by atoms with Gasteiger partial charge in [0.05, 0.1) is 24.6 Å². The lowest BCUT2D eigenvalue weighted by atomic mass is 10.1. The Kier molecular flexibility index (Phi) is 5.41. The van der Waals surface area contributed by atoms with Crippen molar-refractivity contribution in [2.75, 3.05) is 12.5 Å². The van der Waals surface area contributed by atoms with E-state index in [-0.39, 0.29) is 5.75 Å². The van der Waals surface area contributed by atoms with Gasteiger partial charge in [-0.15, -0.1) is 11.3 Å². The molecule has 0 spiro atoms. The van der Waals surface area contributed by atoms with E-state index in [1.165, 1.54) is 18.4 Å². The van der Waals surface area contributed by atoms with Crippen LogP contribution in [0, 0.1) is 5.82 Å². The Morgan fingerprint density at radius 3 is 2.56 bits per heavy atom. The van der Waals surface area contributed by atoms with Crippen LogP contribution in [0.25, 0.3) is 11.3 Å². The quantitative estimate of drug-likeness (QED) is 0.356. The third-order valence-corrected chi connectivity index (χ3v) is 4.33. The van der Waals surface area contributed by atoms with Gasteiger partial charge in [-0.3, -0.25) is 5.43 Å². The first-order valence-electron chi connectivity index (χ1n) is 7.64. The Hall–Kier alpha value is -2.94. The first-order valence-corrected chi connectivity index (χ1v) is 8.52. The Morgan fingerprint density at radius 1 is 1.15 bits per heavy atom. The second-order valence-corrected chi connectivity index (χ2v) is 6.17. The molecule has 0 radical (unpaired) electrons. The van der Waals surface area contributed by atoms with Crippen LogP contribution in [0.2, 0.25) is 0 Å². The number of hydrogen-bond acceptors (Lipinski definition) is 5. The summed E-state index contributed by atoms with van der Waals surface area (Å²) in [5, 5.41) is 5.94. The van der Waals surface area contributed by atoms with Crippen LogP contribution in [-0.4, -0.2) is 18.3 Å². The summed E-state index contributed by atoms with van der Waals surface area (Å²) in [5.74, 6) is -1.54. The number of anilines is 1. The summed E-state index contributed by atoms with van der Waals surface area (Å²) in [6, 6.07) is 11.2. The predicted molar refractivity (Wildman–Crippen MR) is 96.7 cm³/mol. The van der Waals surface area contributed by atoms with Gasteiger partial charge in [-0.25, -0.2) is 9.37 Å². The summed E-state index contributed by atoms with van der Waals surface area (Å²) < 4.78 is 58.2. The van der Waals surface area contributed by atoms with Gasteiger partial charge >= 0.3 is 6.18 Å². The molecular formula is C18H13F4N3OS. The number of methoxy groups -OCH3 is 1. The molecule has 0 saturated carbocycles. The summed E-state index contributed by atoms with van der Waals surface area (Å²) in [7, 11) is 1.20. The number of alkyl halides is 3. The third kappa shape index (κ3) is 4.25. The SMILES string of the molecule is COc1ccc(F)c(C(F)(F)F)c1C=NNc1nc(-c2ccccc2)cs1. The third-order valence-electron chi connectivity index (χ3n) is 3.59.